The van der Waals surface area contributed by atoms with Gasteiger partial charge in [0.15, 0.2) is 0 Å². The van der Waals surface area contributed by atoms with Crippen LogP contribution in [0.1, 0.15) is 32.1 Å². The lowest BCUT2D eigenvalue weighted by Gasteiger charge is -2.23. The first-order valence-corrected chi connectivity index (χ1v) is 9.09. The van der Waals surface area contributed by atoms with Gasteiger partial charge < -0.3 is 20.5 Å². The Labute approximate surface area is 155 Å². The minimum absolute atomic E-state index is 0. The molecule has 25 heavy (non-hydrogen) atoms. The average molecular weight is 369 g/mol. The highest BCUT2D eigenvalue weighted by Gasteiger charge is 2.36. The van der Waals surface area contributed by atoms with Gasteiger partial charge in [0, 0.05) is 18.9 Å². The number of ether oxygens (including phenoxy) is 1. The molecule has 2 fully saturated rings. The van der Waals surface area contributed by atoms with Crippen molar-refractivity contribution in [2.24, 2.45) is 11.8 Å². The van der Waals surface area contributed by atoms with E-state index in [0.29, 0.717) is 18.9 Å². The van der Waals surface area contributed by atoms with Crippen LogP contribution < -0.4 is 15.4 Å². The lowest BCUT2D eigenvalue weighted by molar-refractivity contribution is -0.122. The van der Waals surface area contributed by atoms with E-state index in [9.17, 15) is 9.90 Å². The van der Waals surface area contributed by atoms with Gasteiger partial charge in [-0.3, -0.25) is 4.79 Å². The Morgan fingerprint density at radius 3 is 2.60 bits per heavy atom. The molecular formula is C19H29ClN2O3. The number of carbonyl (C=O) groups excluding carboxylic acids is 1. The Hall–Kier alpha value is -1.30. The van der Waals surface area contributed by atoms with Gasteiger partial charge in [-0.15, -0.1) is 12.4 Å². The van der Waals surface area contributed by atoms with Gasteiger partial charge in [-0.2, -0.15) is 0 Å². The molecule has 3 N–H and O–H groups in total. The first-order valence-electron chi connectivity index (χ1n) is 9.09. The van der Waals surface area contributed by atoms with Crippen molar-refractivity contribution in [2.45, 2.75) is 44.3 Å². The Morgan fingerprint density at radius 1 is 1.16 bits per heavy atom. The van der Waals surface area contributed by atoms with Crippen LogP contribution in [0.3, 0.4) is 0 Å². The second kappa shape index (κ2) is 10.00. The third kappa shape index (κ3) is 5.87. The zero-order chi connectivity index (χ0) is 16.8. The monoisotopic (exact) mass is 368 g/mol. The largest absolute Gasteiger partial charge is 0.488 e. The van der Waals surface area contributed by atoms with Crippen molar-refractivity contribution in [1.29, 1.82) is 0 Å². The van der Waals surface area contributed by atoms with Crippen LogP contribution in [0.15, 0.2) is 30.3 Å². The maximum Gasteiger partial charge on any atom is 0.220 e. The van der Waals surface area contributed by atoms with Gasteiger partial charge in [0.2, 0.25) is 5.91 Å². The lowest BCUT2D eigenvalue weighted by atomic mass is 9.94. The number of hydrogen-bond acceptors (Lipinski definition) is 4. The molecule has 1 aromatic rings. The summed E-state index contributed by atoms with van der Waals surface area (Å²) >= 11 is 0. The molecule has 2 aliphatic rings. The first kappa shape index (κ1) is 20.0. The minimum Gasteiger partial charge on any atom is -0.488 e. The van der Waals surface area contributed by atoms with Gasteiger partial charge in [0.25, 0.3) is 0 Å². The highest BCUT2D eigenvalue weighted by molar-refractivity contribution is 5.85. The van der Waals surface area contributed by atoms with E-state index in [1.807, 2.05) is 30.3 Å². The Kier molecular flexibility index (Phi) is 8.00. The fourth-order valence-electron chi connectivity index (χ4n) is 3.71. The molecule has 1 saturated heterocycles. The molecule has 140 valence electrons. The van der Waals surface area contributed by atoms with Crippen LogP contribution >= 0.6 is 12.4 Å². The Balaban J connectivity index is 0.00000225. The molecule has 1 saturated carbocycles. The van der Waals surface area contributed by atoms with Gasteiger partial charge >= 0.3 is 0 Å². The molecule has 5 nitrogen and oxygen atoms in total. The van der Waals surface area contributed by atoms with Gasteiger partial charge in [-0.05, 0) is 56.8 Å². The highest BCUT2D eigenvalue weighted by atomic mass is 35.5. The van der Waals surface area contributed by atoms with E-state index in [-0.39, 0.29) is 30.3 Å². The van der Waals surface area contributed by atoms with Crippen LogP contribution in [0.4, 0.5) is 0 Å². The maximum absolute atomic E-state index is 12.1. The summed E-state index contributed by atoms with van der Waals surface area (Å²) in [6.45, 7) is 2.56. The van der Waals surface area contributed by atoms with E-state index in [0.717, 1.165) is 44.5 Å². The van der Waals surface area contributed by atoms with Crippen LogP contribution in [0.5, 0.6) is 5.75 Å². The van der Waals surface area contributed by atoms with E-state index in [1.54, 1.807) is 0 Å². The standard InChI is InChI=1S/C19H28N2O3.ClH/c22-18(12-14-8-10-20-11-9-14)21-13-15-6-7-17(19(15)23)24-16-4-2-1-3-5-16;/h1-5,14-15,17,19-20,23H,6-13H2,(H,21,22);1H/t15-,17-,19-;/m1./s1. The van der Waals surface area contributed by atoms with Crippen molar-refractivity contribution in [3.8, 4) is 5.75 Å². The summed E-state index contributed by atoms with van der Waals surface area (Å²) in [6.07, 6.45) is 3.76. The summed E-state index contributed by atoms with van der Waals surface area (Å²) < 4.78 is 5.88. The number of para-hydroxylation sites is 1. The SMILES string of the molecule is Cl.O=C(CC1CCNCC1)NC[C@H]1CC[C@@H](Oc2ccccc2)[C@@H]1O. The predicted octanol–water partition coefficient (Wildman–Crippen LogP) is 2.13. The molecule has 3 rings (SSSR count). The van der Waals surface area contributed by atoms with Crippen molar-refractivity contribution in [3.63, 3.8) is 0 Å². The third-order valence-electron chi connectivity index (χ3n) is 5.21. The van der Waals surface area contributed by atoms with E-state index < -0.39 is 6.10 Å². The third-order valence-corrected chi connectivity index (χ3v) is 5.21. The fourth-order valence-corrected chi connectivity index (χ4v) is 3.71. The zero-order valence-electron chi connectivity index (χ0n) is 14.5. The van der Waals surface area contributed by atoms with E-state index in [2.05, 4.69) is 10.6 Å². The molecule has 1 amide bonds. The van der Waals surface area contributed by atoms with Crippen molar-refractivity contribution < 1.29 is 14.6 Å². The van der Waals surface area contributed by atoms with Crippen molar-refractivity contribution in [3.05, 3.63) is 30.3 Å². The molecular weight excluding hydrogens is 340 g/mol. The van der Waals surface area contributed by atoms with Crippen molar-refractivity contribution in [2.75, 3.05) is 19.6 Å². The second-order valence-electron chi connectivity index (χ2n) is 7.00. The zero-order valence-corrected chi connectivity index (χ0v) is 15.3. The molecule has 1 aliphatic heterocycles. The molecule has 0 bridgehead atoms. The number of halogens is 1. The Morgan fingerprint density at radius 2 is 1.88 bits per heavy atom. The van der Waals surface area contributed by atoms with E-state index >= 15 is 0 Å². The topological polar surface area (TPSA) is 70.6 Å². The summed E-state index contributed by atoms with van der Waals surface area (Å²) in [5, 5.41) is 16.8. The molecule has 1 heterocycles. The van der Waals surface area contributed by atoms with Crippen LogP contribution in [0, 0.1) is 11.8 Å². The average Bonchev–Trinajstić information content (AvgIpc) is 2.95. The smallest absolute Gasteiger partial charge is 0.220 e. The van der Waals surface area contributed by atoms with Gasteiger partial charge in [-0.25, -0.2) is 0 Å². The van der Waals surface area contributed by atoms with E-state index in [4.69, 9.17) is 4.74 Å². The first-order chi connectivity index (χ1) is 11.7. The molecule has 0 spiro atoms. The lowest BCUT2D eigenvalue weighted by Crippen LogP contribution is -2.38. The fraction of sp³-hybridized carbons (Fsp3) is 0.632. The predicted molar refractivity (Wildman–Crippen MR) is 100 cm³/mol. The second-order valence-corrected chi connectivity index (χ2v) is 7.00. The summed E-state index contributed by atoms with van der Waals surface area (Å²) in [7, 11) is 0. The van der Waals surface area contributed by atoms with Crippen molar-refractivity contribution in [1.82, 2.24) is 10.6 Å². The number of piperidine rings is 1. The Bertz CT molecular complexity index is 523. The van der Waals surface area contributed by atoms with E-state index in [1.165, 1.54) is 0 Å². The molecule has 3 atom stereocenters. The van der Waals surface area contributed by atoms with Crippen LogP contribution in [-0.2, 0) is 4.79 Å². The quantitative estimate of drug-likeness (QED) is 0.719. The van der Waals surface area contributed by atoms with Gasteiger partial charge in [0.1, 0.15) is 11.9 Å². The number of hydrogen-bond donors (Lipinski definition) is 3. The number of amides is 1. The summed E-state index contributed by atoms with van der Waals surface area (Å²) in [4.78, 5) is 12.1. The summed E-state index contributed by atoms with van der Waals surface area (Å²) in [5.74, 6) is 1.48. The molecule has 1 aliphatic carbocycles. The van der Waals surface area contributed by atoms with Crippen LogP contribution in [-0.4, -0.2) is 42.9 Å². The maximum atomic E-state index is 12.1. The molecule has 6 heteroatoms. The number of aliphatic hydroxyl groups excluding tert-OH is 1. The summed E-state index contributed by atoms with van der Waals surface area (Å²) in [5.41, 5.74) is 0. The number of aliphatic hydroxyl groups is 1. The molecule has 0 radical (unpaired) electrons. The normalized spacial score (nSPS) is 26.7. The number of carbonyl (C=O) groups is 1. The van der Waals surface area contributed by atoms with Gasteiger partial charge in [0.05, 0.1) is 6.10 Å². The van der Waals surface area contributed by atoms with Crippen molar-refractivity contribution >= 4 is 18.3 Å². The molecule has 0 aromatic heterocycles. The van der Waals surface area contributed by atoms with Crippen LogP contribution in [0.25, 0.3) is 0 Å². The number of rotatable bonds is 6. The minimum atomic E-state index is -0.524. The number of nitrogens with one attached hydrogen (secondary N) is 2. The molecule has 1 aromatic carbocycles. The van der Waals surface area contributed by atoms with Crippen LogP contribution in [0.2, 0.25) is 0 Å². The number of benzene rings is 1. The highest BCUT2D eigenvalue weighted by Crippen LogP contribution is 2.29. The van der Waals surface area contributed by atoms with Gasteiger partial charge in [-0.1, -0.05) is 18.2 Å². The molecule has 0 unspecified atom stereocenters. The summed E-state index contributed by atoms with van der Waals surface area (Å²) in [6, 6.07) is 9.60.